The molecular formula is C9H11ClN4O. The van der Waals surface area contributed by atoms with E-state index in [4.69, 9.17) is 11.6 Å². The molecule has 0 saturated heterocycles. The van der Waals surface area contributed by atoms with Gasteiger partial charge in [-0.05, 0) is 12.1 Å². The van der Waals surface area contributed by atoms with Gasteiger partial charge in [0, 0.05) is 14.1 Å². The molecule has 0 amide bonds. The van der Waals surface area contributed by atoms with Gasteiger partial charge in [-0.2, -0.15) is 5.12 Å². The highest BCUT2D eigenvalue weighted by molar-refractivity contribution is 6.30. The predicted molar refractivity (Wildman–Crippen MR) is 60.1 cm³/mol. The molecule has 0 saturated carbocycles. The molecule has 1 aromatic carbocycles. The summed E-state index contributed by atoms with van der Waals surface area (Å²) < 4.78 is 0. The van der Waals surface area contributed by atoms with Crippen LogP contribution in [0.1, 0.15) is 0 Å². The highest BCUT2D eigenvalue weighted by atomic mass is 35.5. The average molecular weight is 227 g/mol. The number of halogens is 1. The summed E-state index contributed by atoms with van der Waals surface area (Å²) in [7, 11) is 3.65. The Bertz CT molecular complexity index is 514. The van der Waals surface area contributed by atoms with Crippen LogP contribution < -0.4 is 26.1 Å². The van der Waals surface area contributed by atoms with Crippen LogP contribution in [0.15, 0.2) is 12.1 Å². The number of hydrazine groups is 3. The second-order valence-corrected chi connectivity index (χ2v) is 3.85. The summed E-state index contributed by atoms with van der Waals surface area (Å²) in [6.07, 6.45) is 0. The lowest BCUT2D eigenvalue weighted by Crippen LogP contribution is -2.48. The molecule has 0 radical (unpaired) electrons. The van der Waals surface area contributed by atoms with E-state index in [-0.39, 0.29) is 0 Å². The Balaban J connectivity index is 2.72. The first kappa shape index (κ1) is 10.1. The molecule has 0 spiro atoms. The molecule has 1 heterocycles. The summed E-state index contributed by atoms with van der Waals surface area (Å²) in [5, 5.41) is 16.4. The van der Waals surface area contributed by atoms with E-state index in [1.807, 2.05) is 14.1 Å². The van der Waals surface area contributed by atoms with Crippen molar-refractivity contribution in [1.29, 1.82) is 0 Å². The number of nitrogens with zero attached hydrogens (tertiary/aromatic N) is 3. The topological polar surface area (TPSA) is 44.6 Å². The second kappa shape index (κ2) is 3.29. The molecule has 1 aliphatic heterocycles. The minimum absolute atomic E-state index is 0.455. The van der Waals surface area contributed by atoms with E-state index in [9.17, 15) is 5.21 Å². The van der Waals surface area contributed by atoms with Crippen molar-refractivity contribution in [3.63, 3.8) is 0 Å². The fourth-order valence-electron chi connectivity index (χ4n) is 1.49. The summed E-state index contributed by atoms with van der Waals surface area (Å²) in [5.41, 5.74) is 3.37. The number of anilines is 1. The largest absolute Gasteiger partial charge is 0.594 e. The van der Waals surface area contributed by atoms with Crippen LogP contribution in [0.25, 0.3) is 6.58 Å². The standard InChI is InChI=1S/C9H11ClN4O/c1-6-7(10)4-5-8-9(6)14(15)11-13(8)12(2)3/h4-5,11H,1H2,2-3H3. The Morgan fingerprint density at radius 2 is 2.20 bits per heavy atom. The Labute approximate surface area is 92.0 Å². The van der Waals surface area contributed by atoms with Gasteiger partial charge < -0.3 is 5.21 Å². The Hall–Kier alpha value is -1.46. The molecule has 1 aliphatic rings. The van der Waals surface area contributed by atoms with Crippen molar-refractivity contribution in [2.75, 3.05) is 19.2 Å². The van der Waals surface area contributed by atoms with E-state index < -0.39 is 0 Å². The van der Waals surface area contributed by atoms with Gasteiger partial charge in [0.05, 0.1) is 10.2 Å². The van der Waals surface area contributed by atoms with Gasteiger partial charge in [-0.15, -0.1) is 0 Å². The molecule has 15 heavy (non-hydrogen) atoms. The third kappa shape index (κ3) is 1.40. The lowest BCUT2D eigenvalue weighted by atomic mass is 10.2. The van der Waals surface area contributed by atoms with Gasteiger partial charge in [0.15, 0.2) is 5.69 Å². The van der Waals surface area contributed by atoms with Crippen LogP contribution in [-0.2, 0) is 0 Å². The minimum atomic E-state index is 0.455. The second-order valence-electron chi connectivity index (χ2n) is 3.45. The Morgan fingerprint density at radius 3 is 2.80 bits per heavy atom. The zero-order chi connectivity index (χ0) is 11.2. The Kier molecular flexibility index (Phi) is 2.21. The minimum Gasteiger partial charge on any atom is -0.594 e. The molecule has 0 atom stereocenters. The molecule has 2 rings (SSSR count). The maximum Gasteiger partial charge on any atom is 0.279 e. The Morgan fingerprint density at radius 1 is 1.53 bits per heavy atom. The first-order chi connectivity index (χ1) is 7.02. The number of nitrogens with one attached hydrogen (secondary N) is 1. The third-order valence-corrected chi connectivity index (χ3v) is 2.58. The molecule has 0 fully saturated rings. The SMILES string of the molecule is C=c1c(Cl)ccc2c1=[N+]([O-])NN2N(C)C. The fourth-order valence-corrected chi connectivity index (χ4v) is 1.64. The van der Waals surface area contributed by atoms with Crippen LogP contribution in [0.4, 0.5) is 5.69 Å². The van der Waals surface area contributed by atoms with Crippen LogP contribution in [0.3, 0.4) is 0 Å². The highest BCUT2D eigenvalue weighted by Crippen LogP contribution is 2.10. The quantitative estimate of drug-likeness (QED) is 0.516. The van der Waals surface area contributed by atoms with E-state index >= 15 is 0 Å². The number of fused-ring (bicyclic) bond motifs is 1. The van der Waals surface area contributed by atoms with Crippen LogP contribution in [0.2, 0.25) is 5.02 Å². The van der Waals surface area contributed by atoms with E-state index in [1.54, 1.807) is 22.3 Å². The molecule has 0 bridgehead atoms. The lowest BCUT2D eigenvalue weighted by Gasteiger charge is -2.22. The van der Waals surface area contributed by atoms with Gasteiger partial charge in [0.2, 0.25) is 0 Å². The first-order valence-electron chi connectivity index (χ1n) is 4.37. The molecular weight excluding hydrogens is 216 g/mol. The summed E-state index contributed by atoms with van der Waals surface area (Å²) >= 11 is 5.90. The average Bonchev–Trinajstić information content (AvgIpc) is 2.50. The van der Waals surface area contributed by atoms with Gasteiger partial charge in [-0.25, -0.2) is 5.01 Å². The van der Waals surface area contributed by atoms with Crippen molar-refractivity contribution >= 4 is 23.9 Å². The first-order valence-corrected chi connectivity index (χ1v) is 4.75. The number of rotatable bonds is 1. The molecule has 6 heteroatoms. The smallest absolute Gasteiger partial charge is 0.279 e. The van der Waals surface area contributed by atoms with Crippen LogP contribution in [0, 0.1) is 5.21 Å². The van der Waals surface area contributed by atoms with Gasteiger partial charge >= 0.3 is 0 Å². The summed E-state index contributed by atoms with van der Waals surface area (Å²) in [5.74, 6) is 0. The number of hydrogen-bond donors (Lipinski definition) is 1. The van der Waals surface area contributed by atoms with Crippen LogP contribution in [-0.4, -0.2) is 19.1 Å². The molecule has 5 nitrogen and oxygen atoms in total. The van der Waals surface area contributed by atoms with E-state index in [2.05, 4.69) is 12.1 Å². The fraction of sp³-hybridized carbons (Fsp3) is 0.222. The van der Waals surface area contributed by atoms with E-state index in [1.165, 1.54) is 0 Å². The normalized spacial score (nSPS) is 14.4. The zero-order valence-electron chi connectivity index (χ0n) is 8.49. The molecule has 0 aromatic heterocycles. The maximum atomic E-state index is 11.6. The maximum absolute atomic E-state index is 11.6. The van der Waals surface area contributed by atoms with Gasteiger partial charge in [-0.1, -0.05) is 28.6 Å². The van der Waals surface area contributed by atoms with E-state index in [0.29, 0.717) is 20.4 Å². The van der Waals surface area contributed by atoms with E-state index in [0.717, 1.165) is 5.69 Å². The zero-order valence-corrected chi connectivity index (χ0v) is 9.25. The summed E-state index contributed by atoms with van der Waals surface area (Å²) in [6, 6.07) is 3.50. The number of benzene rings is 1. The van der Waals surface area contributed by atoms with Crippen LogP contribution in [0.5, 0.6) is 0 Å². The molecule has 1 aromatic rings. The third-order valence-electron chi connectivity index (χ3n) is 2.22. The van der Waals surface area contributed by atoms with Crippen molar-refractivity contribution in [2.24, 2.45) is 0 Å². The monoisotopic (exact) mass is 226 g/mol. The highest BCUT2D eigenvalue weighted by Gasteiger charge is 2.25. The van der Waals surface area contributed by atoms with Crippen molar-refractivity contribution in [3.05, 3.63) is 32.9 Å². The molecule has 0 aliphatic carbocycles. The number of hydrogen-bond acceptors (Lipinski definition) is 4. The van der Waals surface area contributed by atoms with Gasteiger partial charge in [-0.3, -0.25) is 0 Å². The van der Waals surface area contributed by atoms with Gasteiger partial charge in [0.25, 0.3) is 5.36 Å². The van der Waals surface area contributed by atoms with Crippen molar-refractivity contribution < 1.29 is 0 Å². The summed E-state index contributed by atoms with van der Waals surface area (Å²) in [4.78, 5) is 0.656. The van der Waals surface area contributed by atoms with Crippen molar-refractivity contribution in [2.45, 2.75) is 0 Å². The summed E-state index contributed by atoms with van der Waals surface area (Å²) in [6.45, 7) is 3.78. The van der Waals surface area contributed by atoms with Crippen LogP contribution >= 0.6 is 11.6 Å². The molecule has 80 valence electrons. The van der Waals surface area contributed by atoms with Crippen molar-refractivity contribution in [1.82, 2.24) is 15.4 Å². The molecule has 1 N–H and O–H groups in total. The predicted octanol–water partition coefficient (Wildman–Crippen LogP) is -0.545. The van der Waals surface area contributed by atoms with Crippen molar-refractivity contribution in [3.8, 4) is 0 Å². The molecule has 0 unspecified atom stereocenters. The lowest BCUT2D eigenvalue weighted by molar-refractivity contribution is 0.304. The van der Waals surface area contributed by atoms with Gasteiger partial charge in [0.1, 0.15) is 0 Å².